The Balaban J connectivity index is 1.95. The maximum absolute atomic E-state index is 4.50. The van der Waals surface area contributed by atoms with E-state index in [2.05, 4.69) is 34.4 Å². The van der Waals surface area contributed by atoms with E-state index in [1.807, 2.05) is 0 Å². The van der Waals surface area contributed by atoms with Crippen molar-refractivity contribution in [1.82, 2.24) is 15.2 Å². The van der Waals surface area contributed by atoms with E-state index in [1.165, 1.54) is 5.01 Å². The lowest BCUT2D eigenvalue weighted by atomic mass is 10.2. The summed E-state index contributed by atoms with van der Waals surface area (Å²) in [6, 6.07) is 0.632. The highest BCUT2D eigenvalue weighted by Crippen LogP contribution is 2.14. The lowest BCUT2D eigenvalue weighted by Crippen LogP contribution is -2.49. The second kappa shape index (κ2) is 4.38. The number of hydrogen-bond acceptors (Lipinski definition) is 4. The molecule has 4 heteroatoms. The molecule has 0 spiro atoms. The van der Waals surface area contributed by atoms with E-state index >= 15 is 0 Å². The molecule has 1 aliphatic heterocycles. The number of thiazole rings is 1. The van der Waals surface area contributed by atoms with E-state index in [-0.39, 0.29) is 0 Å². The molecule has 14 heavy (non-hydrogen) atoms. The predicted molar refractivity (Wildman–Crippen MR) is 59.6 cm³/mol. The molecule has 0 saturated carbocycles. The Kier molecular flexibility index (Phi) is 3.15. The van der Waals surface area contributed by atoms with Crippen LogP contribution in [-0.4, -0.2) is 35.6 Å². The topological polar surface area (TPSA) is 28.2 Å². The van der Waals surface area contributed by atoms with Crippen molar-refractivity contribution in [3.63, 3.8) is 0 Å². The average molecular weight is 211 g/mol. The molecular weight excluding hydrogens is 194 g/mol. The SMILES string of the molecule is Cc1csc(CN2CCNC[C@H]2C)n1. The van der Waals surface area contributed by atoms with Crippen LogP contribution in [0.25, 0.3) is 0 Å². The zero-order valence-corrected chi connectivity index (χ0v) is 9.60. The Morgan fingerprint density at radius 1 is 1.71 bits per heavy atom. The molecule has 1 fully saturated rings. The van der Waals surface area contributed by atoms with Gasteiger partial charge in [0.15, 0.2) is 0 Å². The van der Waals surface area contributed by atoms with Gasteiger partial charge < -0.3 is 5.32 Å². The molecule has 1 aliphatic rings. The minimum Gasteiger partial charge on any atom is -0.314 e. The summed E-state index contributed by atoms with van der Waals surface area (Å²) in [5.74, 6) is 0. The van der Waals surface area contributed by atoms with Gasteiger partial charge in [-0.3, -0.25) is 4.90 Å². The number of nitrogens with zero attached hydrogens (tertiary/aromatic N) is 2. The van der Waals surface area contributed by atoms with Crippen LogP contribution < -0.4 is 5.32 Å². The zero-order valence-electron chi connectivity index (χ0n) is 8.79. The lowest BCUT2D eigenvalue weighted by Gasteiger charge is -2.33. The van der Waals surface area contributed by atoms with Gasteiger partial charge in [-0.15, -0.1) is 11.3 Å². The first-order valence-corrected chi connectivity index (χ1v) is 5.99. The van der Waals surface area contributed by atoms with Crippen molar-refractivity contribution in [2.24, 2.45) is 0 Å². The Labute approximate surface area is 89.1 Å². The number of rotatable bonds is 2. The average Bonchev–Trinajstić information content (AvgIpc) is 2.56. The molecular formula is C10H17N3S. The third kappa shape index (κ3) is 2.32. The van der Waals surface area contributed by atoms with Gasteiger partial charge in [0.25, 0.3) is 0 Å². The largest absolute Gasteiger partial charge is 0.314 e. The molecule has 0 bridgehead atoms. The van der Waals surface area contributed by atoms with Crippen molar-refractivity contribution in [3.8, 4) is 0 Å². The van der Waals surface area contributed by atoms with Crippen molar-refractivity contribution in [1.29, 1.82) is 0 Å². The smallest absolute Gasteiger partial charge is 0.107 e. The van der Waals surface area contributed by atoms with Crippen LogP contribution in [0.2, 0.25) is 0 Å². The summed E-state index contributed by atoms with van der Waals surface area (Å²) in [6.07, 6.45) is 0. The second-order valence-electron chi connectivity index (χ2n) is 3.91. The molecule has 0 aliphatic carbocycles. The van der Waals surface area contributed by atoms with Crippen LogP contribution in [0.5, 0.6) is 0 Å². The summed E-state index contributed by atoms with van der Waals surface area (Å²) >= 11 is 1.77. The fourth-order valence-corrected chi connectivity index (χ4v) is 2.56. The van der Waals surface area contributed by atoms with Crippen LogP contribution in [0.15, 0.2) is 5.38 Å². The van der Waals surface area contributed by atoms with Crippen LogP contribution in [-0.2, 0) is 6.54 Å². The van der Waals surface area contributed by atoms with Crippen LogP contribution in [0, 0.1) is 6.92 Å². The molecule has 1 N–H and O–H groups in total. The second-order valence-corrected chi connectivity index (χ2v) is 4.85. The fourth-order valence-electron chi connectivity index (χ4n) is 1.77. The Morgan fingerprint density at radius 2 is 2.57 bits per heavy atom. The van der Waals surface area contributed by atoms with Gasteiger partial charge >= 0.3 is 0 Å². The van der Waals surface area contributed by atoms with E-state index < -0.39 is 0 Å². The van der Waals surface area contributed by atoms with Crippen LogP contribution in [0.4, 0.5) is 0 Å². The fraction of sp³-hybridized carbons (Fsp3) is 0.700. The minimum absolute atomic E-state index is 0.632. The van der Waals surface area contributed by atoms with Crippen molar-refractivity contribution in [2.45, 2.75) is 26.4 Å². The molecule has 1 atom stereocenters. The van der Waals surface area contributed by atoms with Gasteiger partial charge in [-0.2, -0.15) is 0 Å². The monoisotopic (exact) mass is 211 g/mol. The highest BCUT2D eigenvalue weighted by molar-refractivity contribution is 7.09. The summed E-state index contributed by atoms with van der Waals surface area (Å²) in [5, 5.41) is 6.77. The lowest BCUT2D eigenvalue weighted by molar-refractivity contribution is 0.165. The summed E-state index contributed by atoms with van der Waals surface area (Å²) in [5.41, 5.74) is 1.15. The number of piperazine rings is 1. The van der Waals surface area contributed by atoms with Gasteiger partial charge in [-0.1, -0.05) is 0 Å². The highest BCUT2D eigenvalue weighted by atomic mass is 32.1. The Bertz CT molecular complexity index is 297. The summed E-state index contributed by atoms with van der Waals surface area (Å²) in [7, 11) is 0. The third-order valence-corrected chi connectivity index (χ3v) is 3.60. The molecule has 2 heterocycles. The van der Waals surface area contributed by atoms with Crippen LogP contribution in [0.1, 0.15) is 17.6 Å². The first-order chi connectivity index (χ1) is 6.75. The molecule has 0 unspecified atom stereocenters. The van der Waals surface area contributed by atoms with E-state index in [9.17, 15) is 0 Å². The summed E-state index contributed by atoms with van der Waals surface area (Å²) in [6.45, 7) is 8.69. The normalized spacial score (nSPS) is 24.0. The molecule has 2 rings (SSSR count). The van der Waals surface area contributed by atoms with Crippen molar-refractivity contribution in [3.05, 3.63) is 16.1 Å². The predicted octanol–water partition coefficient (Wildman–Crippen LogP) is 1.25. The van der Waals surface area contributed by atoms with Crippen LogP contribution in [0.3, 0.4) is 0 Å². The molecule has 0 amide bonds. The van der Waals surface area contributed by atoms with Crippen LogP contribution >= 0.6 is 11.3 Å². The quantitative estimate of drug-likeness (QED) is 0.798. The zero-order chi connectivity index (χ0) is 9.97. The molecule has 1 aromatic heterocycles. The Morgan fingerprint density at radius 3 is 3.21 bits per heavy atom. The minimum atomic E-state index is 0.632. The Hall–Kier alpha value is -0.450. The number of nitrogens with one attached hydrogen (secondary N) is 1. The van der Waals surface area contributed by atoms with Gasteiger partial charge in [0.05, 0.1) is 6.54 Å². The summed E-state index contributed by atoms with van der Waals surface area (Å²) in [4.78, 5) is 6.99. The van der Waals surface area contributed by atoms with Gasteiger partial charge in [-0.05, 0) is 13.8 Å². The van der Waals surface area contributed by atoms with E-state index in [0.717, 1.165) is 31.9 Å². The maximum atomic E-state index is 4.50. The van der Waals surface area contributed by atoms with E-state index in [1.54, 1.807) is 11.3 Å². The third-order valence-electron chi connectivity index (χ3n) is 2.64. The van der Waals surface area contributed by atoms with Crippen molar-refractivity contribution in [2.75, 3.05) is 19.6 Å². The van der Waals surface area contributed by atoms with Crippen molar-refractivity contribution < 1.29 is 0 Å². The summed E-state index contributed by atoms with van der Waals surface area (Å²) < 4.78 is 0. The van der Waals surface area contributed by atoms with E-state index in [4.69, 9.17) is 0 Å². The first kappa shape index (κ1) is 10.1. The molecule has 0 aromatic carbocycles. The first-order valence-electron chi connectivity index (χ1n) is 5.11. The molecule has 1 saturated heterocycles. The number of aryl methyl sites for hydroxylation is 1. The van der Waals surface area contributed by atoms with Gasteiger partial charge in [0.1, 0.15) is 5.01 Å². The molecule has 1 aromatic rings. The van der Waals surface area contributed by atoms with Crippen molar-refractivity contribution >= 4 is 11.3 Å². The number of hydrogen-bond donors (Lipinski definition) is 1. The molecule has 78 valence electrons. The van der Waals surface area contributed by atoms with E-state index in [0.29, 0.717) is 6.04 Å². The van der Waals surface area contributed by atoms with Gasteiger partial charge in [0.2, 0.25) is 0 Å². The van der Waals surface area contributed by atoms with Gasteiger partial charge in [0, 0.05) is 36.8 Å². The highest BCUT2D eigenvalue weighted by Gasteiger charge is 2.18. The van der Waals surface area contributed by atoms with Gasteiger partial charge in [-0.25, -0.2) is 4.98 Å². The standard InChI is InChI=1S/C10H17N3S/c1-8-7-14-10(12-8)6-13-4-3-11-5-9(13)2/h7,9,11H,3-6H2,1-2H3/t9-/m1/s1. The maximum Gasteiger partial charge on any atom is 0.107 e. The number of aromatic nitrogens is 1. The molecule has 3 nitrogen and oxygen atoms in total. The molecule has 0 radical (unpaired) electrons.